The van der Waals surface area contributed by atoms with Crippen molar-refractivity contribution < 1.29 is 5.11 Å². The van der Waals surface area contributed by atoms with Gasteiger partial charge in [-0.15, -0.1) is 0 Å². The van der Waals surface area contributed by atoms with E-state index in [1.54, 1.807) is 6.07 Å². The Morgan fingerprint density at radius 3 is 2.69 bits per heavy atom. The van der Waals surface area contributed by atoms with Crippen LogP contribution in [0.5, 0.6) is 5.75 Å². The Bertz CT molecular complexity index is 473. The van der Waals surface area contributed by atoms with E-state index in [0.717, 1.165) is 10.9 Å². The molecule has 0 atom stereocenters. The highest BCUT2D eigenvalue weighted by atomic mass is 127. The molecule has 0 bridgehead atoms. The lowest BCUT2D eigenvalue weighted by Crippen LogP contribution is -1.81. The molecular weight excluding hydrogens is 277 g/mol. The number of hydrogen-bond donors (Lipinski definition) is 1. The monoisotopic (exact) mass is 287 g/mol. The summed E-state index contributed by atoms with van der Waals surface area (Å²) in [6.45, 7) is 4.16. The molecule has 0 fully saturated rings. The van der Waals surface area contributed by atoms with Gasteiger partial charge in [-0.2, -0.15) is 0 Å². The summed E-state index contributed by atoms with van der Waals surface area (Å²) in [5.41, 5.74) is 3.63. The molecule has 0 radical (unpaired) electrons. The average Bonchev–Trinajstić information content (AvgIpc) is 2.32. The fourth-order valence-corrected chi connectivity index (χ4v) is 2.30. The van der Waals surface area contributed by atoms with E-state index in [1.165, 1.54) is 11.3 Å². The van der Waals surface area contributed by atoms with Crippen LogP contribution in [-0.2, 0) is 0 Å². The van der Waals surface area contributed by atoms with Gasteiger partial charge in [0, 0.05) is 11.1 Å². The third kappa shape index (κ3) is 1.22. The molecule has 0 amide bonds. The number of aryl methyl sites for hydroxylation is 1. The molecule has 1 aromatic carbocycles. The van der Waals surface area contributed by atoms with Gasteiger partial charge in [-0.1, -0.05) is 0 Å². The number of aromatic hydroxyl groups is 1. The minimum atomic E-state index is 0.331. The van der Waals surface area contributed by atoms with Crippen molar-refractivity contribution in [2.24, 2.45) is 0 Å². The molecule has 2 rings (SSSR count). The van der Waals surface area contributed by atoms with Crippen molar-refractivity contribution in [1.82, 2.24) is 2.78 Å². The molecule has 68 valence electrons. The van der Waals surface area contributed by atoms with E-state index in [4.69, 9.17) is 0 Å². The zero-order valence-corrected chi connectivity index (χ0v) is 9.66. The lowest BCUT2D eigenvalue weighted by Gasteiger charge is -1.95. The Morgan fingerprint density at radius 1 is 1.31 bits per heavy atom. The van der Waals surface area contributed by atoms with Crippen molar-refractivity contribution in [3.05, 3.63) is 29.5 Å². The Labute approximate surface area is 90.7 Å². The van der Waals surface area contributed by atoms with Gasteiger partial charge in [-0.25, -0.2) is 0 Å². The van der Waals surface area contributed by atoms with Crippen LogP contribution < -0.4 is 0 Å². The van der Waals surface area contributed by atoms with E-state index in [0.29, 0.717) is 5.75 Å². The predicted molar refractivity (Wildman–Crippen MR) is 62.5 cm³/mol. The van der Waals surface area contributed by atoms with Crippen LogP contribution in [0.3, 0.4) is 0 Å². The van der Waals surface area contributed by atoms with Crippen LogP contribution in [0.25, 0.3) is 10.9 Å². The lowest BCUT2D eigenvalue weighted by atomic mass is 10.1. The van der Waals surface area contributed by atoms with E-state index >= 15 is 0 Å². The molecule has 3 heteroatoms. The van der Waals surface area contributed by atoms with Crippen LogP contribution in [-0.4, -0.2) is 7.89 Å². The maximum absolute atomic E-state index is 9.34. The SMILES string of the molecule is Cc1c(C)n(I)c2ccc(O)cc12. The van der Waals surface area contributed by atoms with Gasteiger partial charge in [0.05, 0.1) is 28.4 Å². The number of phenolic OH excluding ortho intramolecular Hbond substituents is 1. The Hall–Kier alpha value is -0.710. The Balaban J connectivity index is 2.95. The normalized spacial score (nSPS) is 11.0. The van der Waals surface area contributed by atoms with Gasteiger partial charge in [0.15, 0.2) is 0 Å². The van der Waals surface area contributed by atoms with E-state index in [-0.39, 0.29) is 0 Å². The fourth-order valence-electron chi connectivity index (χ4n) is 1.52. The molecule has 0 aliphatic heterocycles. The van der Waals surface area contributed by atoms with Crippen molar-refractivity contribution >= 4 is 33.8 Å². The van der Waals surface area contributed by atoms with Gasteiger partial charge in [0.1, 0.15) is 5.75 Å². The quantitative estimate of drug-likeness (QED) is 0.740. The maximum Gasteiger partial charge on any atom is 0.116 e. The molecule has 0 saturated heterocycles. The lowest BCUT2D eigenvalue weighted by molar-refractivity contribution is 0.476. The Morgan fingerprint density at radius 2 is 2.00 bits per heavy atom. The summed E-state index contributed by atoms with van der Waals surface area (Å²) in [4.78, 5) is 0. The van der Waals surface area contributed by atoms with Crippen LogP contribution in [0.1, 0.15) is 11.3 Å². The maximum atomic E-state index is 9.34. The highest BCUT2D eigenvalue weighted by Gasteiger charge is 2.08. The van der Waals surface area contributed by atoms with Gasteiger partial charge < -0.3 is 5.11 Å². The molecule has 0 aliphatic rings. The van der Waals surface area contributed by atoms with Gasteiger partial charge in [0.25, 0.3) is 0 Å². The molecule has 2 aromatic rings. The number of nitrogens with zero attached hydrogens (tertiary/aromatic N) is 1. The minimum absolute atomic E-state index is 0.331. The highest BCUT2D eigenvalue weighted by Crippen LogP contribution is 2.29. The summed E-state index contributed by atoms with van der Waals surface area (Å²) in [5.74, 6) is 0.331. The zero-order chi connectivity index (χ0) is 9.59. The minimum Gasteiger partial charge on any atom is -0.508 e. The molecule has 0 aliphatic carbocycles. The van der Waals surface area contributed by atoms with E-state index in [9.17, 15) is 5.11 Å². The van der Waals surface area contributed by atoms with Crippen molar-refractivity contribution in [2.75, 3.05) is 0 Å². The first-order chi connectivity index (χ1) is 6.11. The van der Waals surface area contributed by atoms with Crippen LogP contribution in [0.2, 0.25) is 0 Å². The number of fused-ring (bicyclic) bond motifs is 1. The standard InChI is InChI=1S/C10H10INO/c1-6-7(2)12(11)10-4-3-8(13)5-9(6)10/h3-5,13H,1-2H3. The number of phenols is 1. The Kier molecular flexibility index (Phi) is 1.98. The second kappa shape index (κ2) is 2.90. The molecule has 2 nitrogen and oxygen atoms in total. The van der Waals surface area contributed by atoms with Crippen LogP contribution in [0.4, 0.5) is 0 Å². The molecule has 1 heterocycles. The summed E-state index contributed by atoms with van der Waals surface area (Å²) in [7, 11) is 0. The largest absolute Gasteiger partial charge is 0.508 e. The fraction of sp³-hybridized carbons (Fsp3) is 0.200. The van der Waals surface area contributed by atoms with Gasteiger partial charge in [0.2, 0.25) is 0 Å². The van der Waals surface area contributed by atoms with E-state index in [1.807, 2.05) is 12.1 Å². The predicted octanol–water partition coefficient (Wildman–Crippen LogP) is 3.16. The summed E-state index contributed by atoms with van der Waals surface area (Å²) in [6, 6.07) is 5.47. The summed E-state index contributed by atoms with van der Waals surface area (Å²) >= 11 is 2.27. The van der Waals surface area contributed by atoms with Gasteiger partial charge in [-0.3, -0.25) is 2.78 Å². The highest BCUT2D eigenvalue weighted by molar-refractivity contribution is 14.1. The average molecular weight is 287 g/mol. The summed E-state index contributed by atoms with van der Waals surface area (Å²) in [5, 5.41) is 10.5. The van der Waals surface area contributed by atoms with Crippen molar-refractivity contribution in [1.29, 1.82) is 0 Å². The third-order valence-electron chi connectivity index (χ3n) is 2.43. The smallest absolute Gasteiger partial charge is 0.116 e. The number of benzene rings is 1. The molecule has 1 aromatic heterocycles. The third-order valence-corrected chi connectivity index (χ3v) is 3.68. The zero-order valence-electron chi connectivity index (χ0n) is 7.50. The summed E-state index contributed by atoms with van der Waals surface area (Å²) in [6.07, 6.45) is 0. The van der Waals surface area contributed by atoms with E-state index in [2.05, 4.69) is 39.5 Å². The van der Waals surface area contributed by atoms with Crippen LogP contribution >= 0.6 is 22.9 Å². The number of rotatable bonds is 0. The van der Waals surface area contributed by atoms with E-state index < -0.39 is 0 Å². The number of hydrogen-bond acceptors (Lipinski definition) is 1. The second-order valence-electron chi connectivity index (χ2n) is 3.19. The molecular formula is C10H10INO. The number of aromatic nitrogens is 1. The first kappa shape index (κ1) is 8.87. The van der Waals surface area contributed by atoms with Gasteiger partial charge in [-0.05, 0) is 37.6 Å². The molecule has 1 N–H and O–H groups in total. The molecule has 0 saturated carbocycles. The number of halogens is 1. The summed E-state index contributed by atoms with van der Waals surface area (Å²) < 4.78 is 2.11. The second-order valence-corrected chi connectivity index (χ2v) is 4.16. The molecule has 0 spiro atoms. The first-order valence-electron chi connectivity index (χ1n) is 4.08. The molecule has 13 heavy (non-hydrogen) atoms. The van der Waals surface area contributed by atoms with Crippen LogP contribution in [0.15, 0.2) is 18.2 Å². The van der Waals surface area contributed by atoms with Crippen molar-refractivity contribution in [2.45, 2.75) is 13.8 Å². The van der Waals surface area contributed by atoms with Crippen LogP contribution in [0, 0.1) is 13.8 Å². The first-order valence-corrected chi connectivity index (χ1v) is 5.04. The van der Waals surface area contributed by atoms with Gasteiger partial charge >= 0.3 is 0 Å². The topological polar surface area (TPSA) is 25.2 Å². The molecule has 0 unspecified atom stereocenters. The van der Waals surface area contributed by atoms with Crippen molar-refractivity contribution in [3.63, 3.8) is 0 Å². The van der Waals surface area contributed by atoms with Crippen molar-refractivity contribution in [3.8, 4) is 5.75 Å².